The third kappa shape index (κ3) is 6.49. The van der Waals surface area contributed by atoms with Crippen molar-refractivity contribution in [2.75, 3.05) is 6.54 Å². The zero-order chi connectivity index (χ0) is 16.8. The number of hydrazine groups is 1. The van der Waals surface area contributed by atoms with Crippen LogP contribution in [0.1, 0.15) is 31.1 Å². The summed E-state index contributed by atoms with van der Waals surface area (Å²) >= 11 is 4.98. The minimum Gasteiger partial charge on any atom is -0.357 e. The molecule has 0 unspecified atom stereocenters. The van der Waals surface area contributed by atoms with Crippen LogP contribution in [0.5, 0.6) is 0 Å². The van der Waals surface area contributed by atoms with Gasteiger partial charge in [-0.3, -0.25) is 20.4 Å². The Hall–Kier alpha value is -2.22. The smallest absolute Gasteiger partial charge is 0.257 e. The van der Waals surface area contributed by atoms with E-state index in [1.807, 2.05) is 20.8 Å². The Morgan fingerprint density at radius 3 is 2.41 bits per heavy atom. The van der Waals surface area contributed by atoms with Gasteiger partial charge in [-0.15, -0.1) is 0 Å². The summed E-state index contributed by atoms with van der Waals surface area (Å²) in [6, 6.07) is 5.53. The largest absolute Gasteiger partial charge is 0.357 e. The number of thiocarbonyl (C=S) groups is 1. The predicted octanol–water partition coefficient (Wildman–Crippen LogP) is 0.849. The van der Waals surface area contributed by atoms with Crippen LogP contribution in [0, 0.1) is 5.82 Å². The maximum atomic E-state index is 13.4. The number of benzene rings is 1. The first kappa shape index (κ1) is 17.8. The molecular weight excluding hydrogens is 307 g/mol. The number of carbonyl (C=O) groups is 2. The molecule has 22 heavy (non-hydrogen) atoms. The molecule has 0 saturated heterocycles. The molecule has 8 heteroatoms. The van der Waals surface area contributed by atoms with Crippen LogP contribution >= 0.6 is 12.2 Å². The maximum Gasteiger partial charge on any atom is 0.257 e. The van der Waals surface area contributed by atoms with Crippen LogP contribution < -0.4 is 21.5 Å². The summed E-state index contributed by atoms with van der Waals surface area (Å²) in [6.45, 7) is 5.44. The van der Waals surface area contributed by atoms with Crippen molar-refractivity contribution in [2.24, 2.45) is 0 Å². The fourth-order valence-electron chi connectivity index (χ4n) is 1.44. The maximum absolute atomic E-state index is 13.4. The molecule has 1 aromatic rings. The molecule has 0 aromatic heterocycles. The fourth-order valence-corrected chi connectivity index (χ4v) is 1.80. The van der Waals surface area contributed by atoms with E-state index < -0.39 is 17.6 Å². The fraction of sp³-hybridized carbons (Fsp3) is 0.357. The van der Waals surface area contributed by atoms with Gasteiger partial charge in [0.15, 0.2) is 5.11 Å². The molecule has 1 rings (SSSR count). The molecule has 6 nitrogen and oxygen atoms in total. The van der Waals surface area contributed by atoms with Gasteiger partial charge in [0.25, 0.3) is 11.8 Å². The summed E-state index contributed by atoms with van der Waals surface area (Å²) in [7, 11) is 0. The lowest BCUT2D eigenvalue weighted by molar-refractivity contribution is -0.120. The van der Waals surface area contributed by atoms with E-state index in [0.29, 0.717) is 0 Å². The highest BCUT2D eigenvalue weighted by atomic mass is 32.1. The van der Waals surface area contributed by atoms with Gasteiger partial charge >= 0.3 is 0 Å². The number of carbonyl (C=O) groups excluding carboxylic acids is 2. The lowest BCUT2D eigenvalue weighted by atomic mass is 10.1. The van der Waals surface area contributed by atoms with Crippen LogP contribution in [0.3, 0.4) is 0 Å². The van der Waals surface area contributed by atoms with E-state index in [1.165, 1.54) is 24.3 Å². The van der Waals surface area contributed by atoms with Gasteiger partial charge in [0.2, 0.25) is 0 Å². The first-order chi connectivity index (χ1) is 10.2. The molecule has 0 aliphatic carbocycles. The highest BCUT2D eigenvalue weighted by Gasteiger charge is 2.13. The van der Waals surface area contributed by atoms with Crippen LogP contribution in [0.2, 0.25) is 0 Å². The molecule has 2 amide bonds. The van der Waals surface area contributed by atoms with Crippen molar-refractivity contribution in [2.45, 2.75) is 26.3 Å². The van der Waals surface area contributed by atoms with Gasteiger partial charge in [-0.2, -0.15) is 0 Å². The number of halogens is 1. The molecule has 120 valence electrons. The third-order valence-electron chi connectivity index (χ3n) is 2.33. The Bertz CT molecular complexity index is 572. The summed E-state index contributed by atoms with van der Waals surface area (Å²) in [5, 5.41) is 5.51. The zero-order valence-electron chi connectivity index (χ0n) is 12.6. The Balaban J connectivity index is 2.36. The molecule has 0 aliphatic rings. The first-order valence-corrected chi connectivity index (χ1v) is 6.99. The van der Waals surface area contributed by atoms with Crippen LogP contribution in [-0.2, 0) is 4.79 Å². The number of hydrogen-bond acceptors (Lipinski definition) is 3. The Morgan fingerprint density at radius 2 is 1.82 bits per heavy atom. The summed E-state index contributed by atoms with van der Waals surface area (Å²) < 4.78 is 13.4. The summed E-state index contributed by atoms with van der Waals surface area (Å²) in [5.74, 6) is -1.82. The molecule has 0 atom stereocenters. The third-order valence-corrected chi connectivity index (χ3v) is 2.54. The van der Waals surface area contributed by atoms with E-state index in [9.17, 15) is 14.0 Å². The van der Waals surface area contributed by atoms with Gasteiger partial charge in [-0.25, -0.2) is 4.39 Å². The van der Waals surface area contributed by atoms with Crippen LogP contribution in [0.15, 0.2) is 24.3 Å². The second-order valence-corrected chi connectivity index (χ2v) is 5.95. The molecular formula is C14H19FN4O2S. The van der Waals surface area contributed by atoms with Crippen LogP contribution in [0.25, 0.3) is 0 Å². The molecule has 0 radical (unpaired) electrons. The lowest BCUT2D eigenvalue weighted by Gasteiger charge is -2.23. The quantitative estimate of drug-likeness (QED) is 0.489. The minimum atomic E-state index is -0.663. The minimum absolute atomic E-state index is 0.117. The summed E-state index contributed by atoms with van der Waals surface area (Å²) in [5.41, 5.74) is 4.47. The Kier molecular flexibility index (Phi) is 6.24. The van der Waals surface area contributed by atoms with Gasteiger partial charge in [0, 0.05) is 5.54 Å². The summed E-state index contributed by atoms with van der Waals surface area (Å²) in [6.07, 6.45) is 0. The number of rotatable bonds is 3. The molecule has 4 N–H and O–H groups in total. The lowest BCUT2D eigenvalue weighted by Crippen LogP contribution is -2.53. The number of nitrogens with one attached hydrogen (secondary N) is 4. The van der Waals surface area contributed by atoms with Crippen LogP contribution in [0.4, 0.5) is 4.39 Å². The van der Waals surface area contributed by atoms with Crippen molar-refractivity contribution in [1.82, 2.24) is 21.5 Å². The van der Waals surface area contributed by atoms with E-state index in [4.69, 9.17) is 12.2 Å². The predicted molar refractivity (Wildman–Crippen MR) is 85.5 cm³/mol. The molecule has 0 spiro atoms. The van der Waals surface area contributed by atoms with E-state index >= 15 is 0 Å². The molecule has 0 fully saturated rings. The van der Waals surface area contributed by atoms with Crippen molar-refractivity contribution in [3.05, 3.63) is 35.6 Å². The van der Waals surface area contributed by atoms with E-state index in [-0.39, 0.29) is 22.8 Å². The molecule has 0 heterocycles. The second kappa shape index (κ2) is 7.69. The number of amides is 2. The topological polar surface area (TPSA) is 82.3 Å². The SMILES string of the molecule is CC(C)(C)NC(=S)NNC(=O)CNC(=O)c1ccccc1F. The molecule has 0 aliphatic heterocycles. The molecule has 0 bridgehead atoms. The average molecular weight is 326 g/mol. The van der Waals surface area contributed by atoms with Crippen molar-refractivity contribution in [1.29, 1.82) is 0 Å². The van der Waals surface area contributed by atoms with Crippen molar-refractivity contribution in [3.63, 3.8) is 0 Å². The van der Waals surface area contributed by atoms with Gasteiger partial charge in [0.05, 0.1) is 12.1 Å². The van der Waals surface area contributed by atoms with E-state index in [1.54, 1.807) is 0 Å². The summed E-state index contributed by atoms with van der Waals surface area (Å²) in [4.78, 5) is 23.3. The number of hydrogen-bond donors (Lipinski definition) is 4. The van der Waals surface area contributed by atoms with E-state index in [2.05, 4.69) is 21.5 Å². The van der Waals surface area contributed by atoms with Crippen molar-refractivity contribution < 1.29 is 14.0 Å². The molecule has 0 saturated carbocycles. The van der Waals surface area contributed by atoms with Gasteiger partial charge in [-0.05, 0) is 45.1 Å². The molecule has 1 aromatic carbocycles. The zero-order valence-corrected chi connectivity index (χ0v) is 13.4. The van der Waals surface area contributed by atoms with Crippen LogP contribution in [-0.4, -0.2) is 29.0 Å². The normalized spacial score (nSPS) is 10.5. The monoisotopic (exact) mass is 326 g/mol. The first-order valence-electron chi connectivity index (χ1n) is 6.59. The Morgan fingerprint density at radius 1 is 1.18 bits per heavy atom. The van der Waals surface area contributed by atoms with Crippen molar-refractivity contribution >= 4 is 29.1 Å². The second-order valence-electron chi connectivity index (χ2n) is 5.54. The standard InChI is InChI=1S/C14H19FN4O2S/c1-14(2,3)17-13(22)19-18-11(20)8-16-12(21)9-6-4-5-7-10(9)15/h4-7H,8H2,1-3H3,(H,16,21)(H,18,20)(H2,17,19,22). The highest BCUT2D eigenvalue weighted by molar-refractivity contribution is 7.80. The van der Waals surface area contributed by atoms with E-state index in [0.717, 1.165) is 0 Å². The van der Waals surface area contributed by atoms with Gasteiger partial charge in [-0.1, -0.05) is 12.1 Å². The Labute approximate surface area is 133 Å². The van der Waals surface area contributed by atoms with Crippen molar-refractivity contribution in [3.8, 4) is 0 Å². The van der Waals surface area contributed by atoms with Gasteiger partial charge < -0.3 is 10.6 Å². The highest BCUT2D eigenvalue weighted by Crippen LogP contribution is 2.05. The average Bonchev–Trinajstić information content (AvgIpc) is 2.41. The van der Waals surface area contributed by atoms with Gasteiger partial charge in [0.1, 0.15) is 5.82 Å².